The Hall–Kier alpha value is -3.48. The van der Waals surface area contributed by atoms with Crippen molar-refractivity contribution in [2.75, 3.05) is 0 Å². The van der Waals surface area contributed by atoms with Gasteiger partial charge in [0.2, 0.25) is 5.78 Å². The van der Waals surface area contributed by atoms with Crippen molar-refractivity contribution in [2.24, 2.45) is 0 Å². The van der Waals surface area contributed by atoms with Crippen LogP contribution in [0.2, 0.25) is 0 Å². The molecule has 0 saturated heterocycles. The Morgan fingerprint density at radius 1 is 1.21 bits per heavy atom. The van der Waals surface area contributed by atoms with Crippen molar-refractivity contribution < 1.29 is 24.0 Å². The molecule has 0 unspecified atom stereocenters. The van der Waals surface area contributed by atoms with E-state index in [9.17, 15) is 19.7 Å². The van der Waals surface area contributed by atoms with Crippen LogP contribution in [0.3, 0.4) is 0 Å². The summed E-state index contributed by atoms with van der Waals surface area (Å²) in [6, 6.07) is 10.2. The van der Waals surface area contributed by atoms with Crippen molar-refractivity contribution in [1.29, 1.82) is 0 Å². The van der Waals surface area contributed by atoms with Crippen LogP contribution in [0.5, 0.6) is 11.5 Å². The molecule has 0 N–H and O–H groups in total. The number of allylic oxidation sites excluding steroid dienone is 1. The number of hydrogen-bond donors (Lipinski definition) is 0. The molecular weight excluding hydrogens is 314 g/mol. The summed E-state index contributed by atoms with van der Waals surface area (Å²) >= 11 is 0. The molecule has 0 bridgehead atoms. The highest BCUT2D eigenvalue weighted by molar-refractivity contribution is 6.14. The third kappa shape index (κ3) is 3.00. The quantitative estimate of drug-likeness (QED) is 0.283. The molecule has 0 radical (unpaired) electrons. The van der Waals surface area contributed by atoms with Crippen LogP contribution in [0.15, 0.2) is 48.2 Å². The molecule has 0 aromatic heterocycles. The number of fused-ring (bicyclic) bond motifs is 1. The molecule has 7 heteroatoms. The lowest BCUT2D eigenvalue weighted by Crippen LogP contribution is -2.01. The van der Waals surface area contributed by atoms with E-state index in [1.54, 1.807) is 0 Å². The van der Waals surface area contributed by atoms with Gasteiger partial charge in [0.25, 0.3) is 5.69 Å². The summed E-state index contributed by atoms with van der Waals surface area (Å²) in [4.78, 5) is 33.4. The number of carbonyl (C=O) groups is 2. The third-order valence-corrected chi connectivity index (χ3v) is 3.30. The number of ether oxygens (including phenoxy) is 2. The first-order valence-corrected chi connectivity index (χ1v) is 6.95. The lowest BCUT2D eigenvalue weighted by molar-refractivity contribution is -0.384. The van der Waals surface area contributed by atoms with E-state index in [0.29, 0.717) is 16.9 Å². The first-order chi connectivity index (χ1) is 11.4. The first-order valence-electron chi connectivity index (χ1n) is 6.95. The van der Waals surface area contributed by atoms with Crippen LogP contribution in [0.25, 0.3) is 6.08 Å². The van der Waals surface area contributed by atoms with Gasteiger partial charge in [0.15, 0.2) is 5.76 Å². The second-order valence-electron chi connectivity index (χ2n) is 5.04. The summed E-state index contributed by atoms with van der Waals surface area (Å²) in [6.07, 6.45) is 1.50. The molecule has 1 heterocycles. The maximum absolute atomic E-state index is 12.3. The van der Waals surface area contributed by atoms with Gasteiger partial charge in [-0.25, -0.2) is 0 Å². The molecule has 1 aliphatic heterocycles. The largest absolute Gasteiger partial charge is 0.452 e. The molecule has 120 valence electrons. The predicted octanol–water partition coefficient (Wildman–Crippen LogP) is 3.14. The fourth-order valence-corrected chi connectivity index (χ4v) is 2.24. The Morgan fingerprint density at radius 3 is 2.54 bits per heavy atom. The Balaban J connectivity index is 1.87. The van der Waals surface area contributed by atoms with Crippen LogP contribution in [0.4, 0.5) is 5.69 Å². The molecule has 2 aromatic rings. The van der Waals surface area contributed by atoms with E-state index in [-0.39, 0.29) is 23.0 Å². The van der Waals surface area contributed by atoms with Crippen molar-refractivity contribution >= 4 is 23.5 Å². The normalized spacial score (nSPS) is 14.2. The lowest BCUT2D eigenvalue weighted by atomic mass is 10.1. The summed E-state index contributed by atoms with van der Waals surface area (Å²) in [6.45, 7) is 1.28. The fraction of sp³-hybridized carbons (Fsp3) is 0.0588. The molecule has 1 aliphatic rings. The molecule has 24 heavy (non-hydrogen) atoms. The average molecular weight is 325 g/mol. The predicted molar refractivity (Wildman–Crippen MR) is 83.8 cm³/mol. The molecule has 0 aliphatic carbocycles. The topological polar surface area (TPSA) is 95.7 Å². The van der Waals surface area contributed by atoms with Gasteiger partial charge in [0.05, 0.1) is 10.5 Å². The number of benzene rings is 2. The summed E-state index contributed by atoms with van der Waals surface area (Å²) in [5.74, 6) is -0.102. The number of hydrogen-bond acceptors (Lipinski definition) is 6. The van der Waals surface area contributed by atoms with Gasteiger partial charge in [-0.05, 0) is 35.9 Å². The molecule has 3 rings (SSSR count). The van der Waals surface area contributed by atoms with E-state index in [1.807, 2.05) is 0 Å². The second-order valence-corrected chi connectivity index (χ2v) is 5.04. The SMILES string of the molecule is CC(=O)Oc1ccc2c(c1)O/C(=C/c1ccc([N+](=O)[O-])cc1)C2=O. The first kappa shape index (κ1) is 15.4. The van der Waals surface area contributed by atoms with E-state index in [1.165, 1.54) is 55.5 Å². The summed E-state index contributed by atoms with van der Waals surface area (Å²) in [5, 5.41) is 10.6. The Kier molecular flexibility index (Phi) is 3.83. The van der Waals surface area contributed by atoms with E-state index >= 15 is 0 Å². The van der Waals surface area contributed by atoms with Crippen LogP contribution in [-0.2, 0) is 4.79 Å². The number of non-ortho nitro benzene ring substituents is 1. The van der Waals surface area contributed by atoms with E-state index in [2.05, 4.69) is 0 Å². The van der Waals surface area contributed by atoms with Gasteiger partial charge in [-0.2, -0.15) is 0 Å². The molecule has 0 spiro atoms. The van der Waals surface area contributed by atoms with Crippen LogP contribution < -0.4 is 9.47 Å². The van der Waals surface area contributed by atoms with Gasteiger partial charge in [0, 0.05) is 25.1 Å². The third-order valence-electron chi connectivity index (χ3n) is 3.30. The van der Waals surface area contributed by atoms with E-state index in [4.69, 9.17) is 9.47 Å². The zero-order valence-corrected chi connectivity index (χ0v) is 12.5. The minimum absolute atomic E-state index is 0.0369. The molecule has 0 amide bonds. The minimum atomic E-state index is -0.499. The molecule has 2 aromatic carbocycles. The number of rotatable bonds is 3. The Morgan fingerprint density at radius 2 is 1.92 bits per heavy atom. The highest BCUT2D eigenvalue weighted by Gasteiger charge is 2.27. The number of Topliss-reactive ketones (excluding diaryl/α,β-unsaturated/α-hetero) is 1. The standard InChI is InChI=1S/C17H11NO6/c1-10(19)23-13-6-7-14-15(9-13)24-16(17(14)20)8-11-2-4-12(5-3-11)18(21)22/h2-9H,1H3/b16-8+. The van der Waals surface area contributed by atoms with Gasteiger partial charge in [0.1, 0.15) is 11.5 Å². The number of nitro groups is 1. The van der Waals surface area contributed by atoms with Crippen molar-refractivity contribution in [3.8, 4) is 11.5 Å². The van der Waals surface area contributed by atoms with Gasteiger partial charge in [-0.3, -0.25) is 19.7 Å². The number of carbonyl (C=O) groups excluding carboxylic acids is 2. The number of nitrogens with zero attached hydrogens (tertiary/aromatic N) is 1. The maximum Gasteiger partial charge on any atom is 0.308 e. The minimum Gasteiger partial charge on any atom is -0.452 e. The smallest absolute Gasteiger partial charge is 0.308 e. The van der Waals surface area contributed by atoms with E-state index in [0.717, 1.165) is 0 Å². The number of nitro benzene ring substituents is 1. The zero-order valence-electron chi connectivity index (χ0n) is 12.5. The van der Waals surface area contributed by atoms with Gasteiger partial charge in [-0.1, -0.05) is 0 Å². The highest BCUT2D eigenvalue weighted by Crippen LogP contribution is 2.35. The molecule has 0 saturated carbocycles. The van der Waals surface area contributed by atoms with Gasteiger partial charge < -0.3 is 9.47 Å². The lowest BCUT2D eigenvalue weighted by Gasteiger charge is -2.02. The zero-order chi connectivity index (χ0) is 17.3. The fourth-order valence-electron chi connectivity index (χ4n) is 2.24. The number of esters is 1. The Labute approximate surface area is 136 Å². The number of ketones is 1. The monoisotopic (exact) mass is 325 g/mol. The summed E-state index contributed by atoms with van der Waals surface area (Å²) in [7, 11) is 0. The van der Waals surface area contributed by atoms with E-state index < -0.39 is 10.9 Å². The van der Waals surface area contributed by atoms with Crippen molar-refractivity contribution in [1.82, 2.24) is 0 Å². The van der Waals surface area contributed by atoms with Crippen molar-refractivity contribution in [3.05, 3.63) is 69.5 Å². The molecular formula is C17H11NO6. The van der Waals surface area contributed by atoms with Crippen molar-refractivity contribution in [2.45, 2.75) is 6.92 Å². The molecule has 7 nitrogen and oxygen atoms in total. The highest BCUT2D eigenvalue weighted by atomic mass is 16.6. The average Bonchev–Trinajstić information content (AvgIpc) is 2.83. The molecule has 0 atom stereocenters. The van der Waals surface area contributed by atoms with Gasteiger partial charge >= 0.3 is 5.97 Å². The van der Waals surface area contributed by atoms with Crippen LogP contribution >= 0.6 is 0 Å². The molecule has 0 fully saturated rings. The van der Waals surface area contributed by atoms with Gasteiger partial charge in [-0.15, -0.1) is 0 Å². The van der Waals surface area contributed by atoms with Crippen LogP contribution in [-0.4, -0.2) is 16.7 Å². The van der Waals surface area contributed by atoms with Crippen molar-refractivity contribution in [3.63, 3.8) is 0 Å². The second kappa shape index (κ2) is 5.96. The Bertz CT molecular complexity index is 882. The maximum atomic E-state index is 12.3. The van der Waals surface area contributed by atoms with Crippen LogP contribution in [0.1, 0.15) is 22.8 Å². The van der Waals surface area contributed by atoms with Crippen LogP contribution in [0, 0.1) is 10.1 Å². The summed E-state index contributed by atoms with van der Waals surface area (Å²) in [5.41, 5.74) is 0.918. The summed E-state index contributed by atoms with van der Waals surface area (Å²) < 4.78 is 10.5.